The zero-order valence-corrected chi connectivity index (χ0v) is 16.7. The molecule has 5 nitrogen and oxygen atoms in total. The number of hydrogen-bond donors (Lipinski definition) is 0. The topological polar surface area (TPSA) is 55.6 Å². The average molecular weight is 430 g/mol. The van der Waals surface area contributed by atoms with Crippen molar-refractivity contribution in [1.29, 1.82) is 0 Å². The molecular formula is C23H21F3N2O3. The second kappa shape index (κ2) is 9.24. The first-order valence-electron chi connectivity index (χ1n) is 10.1. The summed E-state index contributed by atoms with van der Waals surface area (Å²) in [6.45, 7) is 0.121. The lowest BCUT2D eigenvalue weighted by atomic mass is 10.0. The molecule has 1 amide bonds. The van der Waals surface area contributed by atoms with Crippen molar-refractivity contribution in [2.45, 2.75) is 31.7 Å². The summed E-state index contributed by atoms with van der Waals surface area (Å²) in [5.74, 6) is -1.44. The quantitative estimate of drug-likeness (QED) is 0.563. The molecule has 1 atom stereocenters. The summed E-state index contributed by atoms with van der Waals surface area (Å²) in [6, 6.07) is 8.81. The van der Waals surface area contributed by atoms with Crippen LogP contribution in [-0.4, -0.2) is 28.9 Å². The van der Waals surface area contributed by atoms with E-state index in [1.165, 1.54) is 12.1 Å². The van der Waals surface area contributed by atoms with Crippen LogP contribution >= 0.6 is 0 Å². The maximum Gasteiger partial charge on any atom is 0.261 e. The third kappa shape index (κ3) is 5.07. The average Bonchev–Trinajstić information content (AvgIpc) is 3.21. The van der Waals surface area contributed by atoms with Gasteiger partial charge in [-0.05, 0) is 49.1 Å². The molecule has 1 aliphatic heterocycles. The number of rotatable bonds is 6. The number of carbonyl (C=O) groups is 1. The monoisotopic (exact) mass is 430 g/mol. The molecule has 3 aromatic rings. The van der Waals surface area contributed by atoms with E-state index in [0.717, 1.165) is 30.5 Å². The zero-order chi connectivity index (χ0) is 21.8. The van der Waals surface area contributed by atoms with Crippen LogP contribution in [0.2, 0.25) is 0 Å². The number of aromatic nitrogens is 1. The molecule has 0 aliphatic carbocycles. The first kappa shape index (κ1) is 21.0. The van der Waals surface area contributed by atoms with Crippen LogP contribution < -0.4 is 4.74 Å². The molecule has 2 aromatic carbocycles. The van der Waals surface area contributed by atoms with E-state index >= 15 is 0 Å². The van der Waals surface area contributed by atoms with Crippen molar-refractivity contribution in [2.24, 2.45) is 0 Å². The fraction of sp³-hybridized carbons (Fsp3) is 0.304. The molecule has 0 N–H and O–H groups in total. The molecule has 4 rings (SSSR count). The van der Waals surface area contributed by atoms with Gasteiger partial charge in [-0.15, -0.1) is 0 Å². The highest BCUT2D eigenvalue weighted by Gasteiger charge is 2.31. The second-order valence-electron chi connectivity index (χ2n) is 7.43. The van der Waals surface area contributed by atoms with Gasteiger partial charge in [-0.25, -0.2) is 18.2 Å². The van der Waals surface area contributed by atoms with E-state index in [0.29, 0.717) is 37.1 Å². The fourth-order valence-corrected chi connectivity index (χ4v) is 3.71. The van der Waals surface area contributed by atoms with Crippen molar-refractivity contribution in [3.05, 3.63) is 83.3 Å². The number of benzene rings is 2. The van der Waals surface area contributed by atoms with Gasteiger partial charge in [0.1, 0.15) is 23.4 Å². The van der Waals surface area contributed by atoms with Crippen molar-refractivity contribution in [3.63, 3.8) is 0 Å². The summed E-state index contributed by atoms with van der Waals surface area (Å²) in [4.78, 5) is 18.7. The van der Waals surface area contributed by atoms with Gasteiger partial charge >= 0.3 is 0 Å². The molecule has 1 aromatic heterocycles. The van der Waals surface area contributed by atoms with E-state index in [-0.39, 0.29) is 30.1 Å². The molecule has 1 saturated heterocycles. The number of piperidine rings is 1. The van der Waals surface area contributed by atoms with Gasteiger partial charge in [0.05, 0.1) is 6.20 Å². The molecule has 2 heterocycles. The van der Waals surface area contributed by atoms with E-state index in [2.05, 4.69) is 4.98 Å². The predicted molar refractivity (Wildman–Crippen MR) is 106 cm³/mol. The van der Waals surface area contributed by atoms with Crippen molar-refractivity contribution < 1.29 is 27.1 Å². The molecule has 31 heavy (non-hydrogen) atoms. The largest absolute Gasteiger partial charge is 0.481 e. The third-order valence-corrected chi connectivity index (χ3v) is 5.19. The first-order chi connectivity index (χ1) is 15.0. The van der Waals surface area contributed by atoms with Gasteiger partial charge in [0.25, 0.3) is 5.91 Å². The van der Waals surface area contributed by atoms with Crippen molar-refractivity contribution in [2.75, 3.05) is 13.2 Å². The SMILES string of the molecule is O=C(COc1ccc(F)cc1F)N1CCCCC1c1ncc(Cc2cccc(F)c2)o1. The molecule has 0 radical (unpaired) electrons. The molecule has 8 heteroatoms. The van der Waals surface area contributed by atoms with Gasteiger partial charge in [0.2, 0.25) is 5.89 Å². The number of oxazole rings is 1. The van der Waals surface area contributed by atoms with Crippen molar-refractivity contribution in [3.8, 4) is 5.75 Å². The Hall–Kier alpha value is -3.29. The van der Waals surface area contributed by atoms with Crippen LogP contribution in [0.3, 0.4) is 0 Å². The minimum Gasteiger partial charge on any atom is -0.481 e. The lowest BCUT2D eigenvalue weighted by molar-refractivity contribution is -0.137. The number of ether oxygens (including phenoxy) is 1. The van der Waals surface area contributed by atoms with Gasteiger partial charge in [-0.2, -0.15) is 0 Å². The van der Waals surface area contributed by atoms with E-state index < -0.39 is 11.6 Å². The van der Waals surface area contributed by atoms with Crippen LogP contribution in [0.5, 0.6) is 5.75 Å². The van der Waals surface area contributed by atoms with Crippen molar-refractivity contribution >= 4 is 5.91 Å². The molecule has 162 valence electrons. The predicted octanol–water partition coefficient (Wildman–Crippen LogP) is 4.82. The Bertz CT molecular complexity index is 1070. The highest BCUT2D eigenvalue weighted by atomic mass is 19.1. The maximum absolute atomic E-state index is 13.8. The smallest absolute Gasteiger partial charge is 0.261 e. The molecule has 1 fully saturated rings. The fourth-order valence-electron chi connectivity index (χ4n) is 3.71. The molecule has 1 unspecified atom stereocenters. The van der Waals surface area contributed by atoms with Gasteiger partial charge in [-0.3, -0.25) is 4.79 Å². The van der Waals surface area contributed by atoms with E-state index in [1.807, 2.05) is 0 Å². The summed E-state index contributed by atoms with van der Waals surface area (Å²) in [5.41, 5.74) is 0.758. The normalized spacial score (nSPS) is 16.4. The Morgan fingerprint density at radius 1 is 1.13 bits per heavy atom. The molecule has 1 aliphatic rings. The minimum absolute atomic E-state index is 0.184. The summed E-state index contributed by atoms with van der Waals surface area (Å²) in [7, 11) is 0. The number of amides is 1. The van der Waals surface area contributed by atoms with Crippen LogP contribution in [0.15, 0.2) is 53.1 Å². The summed E-state index contributed by atoms with van der Waals surface area (Å²) < 4.78 is 51.3. The number of nitrogens with zero attached hydrogens (tertiary/aromatic N) is 2. The Morgan fingerprint density at radius 2 is 1.97 bits per heavy atom. The lowest BCUT2D eigenvalue weighted by Gasteiger charge is -2.33. The van der Waals surface area contributed by atoms with E-state index in [4.69, 9.17) is 9.15 Å². The Morgan fingerprint density at radius 3 is 2.77 bits per heavy atom. The van der Waals surface area contributed by atoms with Crippen molar-refractivity contribution in [1.82, 2.24) is 9.88 Å². The van der Waals surface area contributed by atoms with Gasteiger partial charge in [0.15, 0.2) is 18.2 Å². The maximum atomic E-state index is 13.8. The summed E-state index contributed by atoms with van der Waals surface area (Å²) in [5, 5.41) is 0. The first-order valence-corrected chi connectivity index (χ1v) is 10.1. The molecule has 0 spiro atoms. The molecular weight excluding hydrogens is 409 g/mol. The standard InChI is InChI=1S/C23H21F3N2O3/c24-16-5-3-4-15(10-16)11-18-13-27-23(31-18)20-6-1-2-9-28(20)22(29)14-30-21-8-7-17(25)12-19(21)26/h3-5,7-8,10,12-13,20H,1-2,6,9,11,14H2. The van der Waals surface area contributed by atoms with Gasteiger partial charge in [0, 0.05) is 19.0 Å². The van der Waals surface area contributed by atoms with Gasteiger partial charge in [-0.1, -0.05) is 12.1 Å². The Labute approximate surface area is 177 Å². The van der Waals surface area contributed by atoms with Crippen LogP contribution in [-0.2, 0) is 11.2 Å². The van der Waals surface area contributed by atoms with Crippen LogP contribution in [0.1, 0.15) is 42.5 Å². The number of carbonyl (C=O) groups excluding carboxylic acids is 1. The zero-order valence-electron chi connectivity index (χ0n) is 16.7. The molecule has 0 saturated carbocycles. The minimum atomic E-state index is -0.863. The molecule has 0 bridgehead atoms. The second-order valence-corrected chi connectivity index (χ2v) is 7.43. The van der Waals surface area contributed by atoms with E-state index in [1.54, 1.807) is 23.2 Å². The number of likely N-dealkylation sites (tertiary alicyclic amines) is 1. The lowest BCUT2D eigenvalue weighted by Crippen LogP contribution is -2.41. The summed E-state index contributed by atoms with van der Waals surface area (Å²) in [6.07, 6.45) is 4.38. The third-order valence-electron chi connectivity index (χ3n) is 5.19. The highest BCUT2D eigenvalue weighted by molar-refractivity contribution is 5.78. The Balaban J connectivity index is 1.43. The van der Waals surface area contributed by atoms with E-state index in [9.17, 15) is 18.0 Å². The van der Waals surface area contributed by atoms with Gasteiger partial charge < -0.3 is 14.1 Å². The van der Waals surface area contributed by atoms with Crippen LogP contribution in [0.25, 0.3) is 0 Å². The van der Waals surface area contributed by atoms with Crippen LogP contribution in [0.4, 0.5) is 13.2 Å². The highest BCUT2D eigenvalue weighted by Crippen LogP contribution is 2.31. The number of hydrogen-bond acceptors (Lipinski definition) is 4. The number of halogens is 3. The van der Waals surface area contributed by atoms with Crippen LogP contribution in [0, 0.1) is 17.5 Å². The summed E-state index contributed by atoms with van der Waals surface area (Å²) >= 11 is 0. The Kier molecular flexibility index (Phi) is 6.25.